The van der Waals surface area contributed by atoms with Crippen LogP contribution in [-0.2, 0) is 4.79 Å². The number of nitrogens with two attached hydrogens (primary N) is 1. The highest BCUT2D eigenvalue weighted by Gasteiger charge is 2.21. The standard InChI is InChI=1S/C7H14N2O.C2H6/c1-9-4-2-3-6(9)5-7(8)10;1-2/h6H,2-5H2,1H3,(H2,8,10);1-2H3. The van der Waals surface area contributed by atoms with Crippen molar-refractivity contribution < 1.29 is 4.79 Å². The molecule has 0 aromatic carbocycles. The first kappa shape index (κ1) is 11.4. The van der Waals surface area contributed by atoms with E-state index in [4.69, 9.17) is 5.73 Å². The van der Waals surface area contributed by atoms with Crippen LogP contribution in [0, 0.1) is 0 Å². The number of carbonyl (C=O) groups is 1. The van der Waals surface area contributed by atoms with E-state index in [1.54, 1.807) is 0 Å². The number of hydrogen-bond donors (Lipinski definition) is 1. The van der Waals surface area contributed by atoms with Crippen LogP contribution in [0.2, 0.25) is 0 Å². The highest BCUT2D eigenvalue weighted by Crippen LogP contribution is 2.16. The molecule has 1 amide bonds. The van der Waals surface area contributed by atoms with Crippen molar-refractivity contribution in [1.82, 2.24) is 4.90 Å². The molecule has 72 valence electrons. The molecule has 0 saturated carbocycles. The highest BCUT2D eigenvalue weighted by molar-refractivity contribution is 5.74. The van der Waals surface area contributed by atoms with E-state index in [9.17, 15) is 4.79 Å². The maximum atomic E-state index is 10.5. The third kappa shape index (κ3) is 3.72. The number of amides is 1. The Morgan fingerprint density at radius 2 is 2.17 bits per heavy atom. The van der Waals surface area contributed by atoms with Gasteiger partial charge in [-0.2, -0.15) is 0 Å². The van der Waals surface area contributed by atoms with Crippen molar-refractivity contribution in [2.24, 2.45) is 5.73 Å². The van der Waals surface area contributed by atoms with Gasteiger partial charge in [0, 0.05) is 12.5 Å². The van der Waals surface area contributed by atoms with Crippen molar-refractivity contribution in [3.63, 3.8) is 0 Å². The van der Waals surface area contributed by atoms with Crippen molar-refractivity contribution in [3.8, 4) is 0 Å². The molecular formula is C9H20N2O. The molecule has 0 aliphatic carbocycles. The number of carbonyl (C=O) groups excluding carboxylic acids is 1. The number of likely N-dealkylation sites (tertiary alicyclic amines) is 1. The fraction of sp³-hybridized carbons (Fsp3) is 0.889. The quantitative estimate of drug-likeness (QED) is 0.675. The summed E-state index contributed by atoms with van der Waals surface area (Å²) in [4.78, 5) is 12.7. The van der Waals surface area contributed by atoms with E-state index in [-0.39, 0.29) is 5.91 Å². The van der Waals surface area contributed by atoms with Gasteiger partial charge in [-0.15, -0.1) is 0 Å². The topological polar surface area (TPSA) is 46.3 Å². The normalized spacial score (nSPS) is 23.1. The van der Waals surface area contributed by atoms with Crippen LogP contribution in [-0.4, -0.2) is 30.4 Å². The third-order valence-electron chi connectivity index (χ3n) is 2.11. The molecule has 1 atom stereocenters. The lowest BCUT2D eigenvalue weighted by Crippen LogP contribution is -2.29. The van der Waals surface area contributed by atoms with Gasteiger partial charge in [-0.1, -0.05) is 13.8 Å². The fourth-order valence-electron chi connectivity index (χ4n) is 1.47. The van der Waals surface area contributed by atoms with E-state index >= 15 is 0 Å². The molecule has 0 aromatic rings. The van der Waals surface area contributed by atoms with E-state index in [0.717, 1.165) is 13.0 Å². The van der Waals surface area contributed by atoms with Crippen LogP contribution < -0.4 is 5.73 Å². The first-order valence-electron chi connectivity index (χ1n) is 4.68. The molecule has 1 heterocycles. The SMILES string of the molecule is CC.CN1CCCC1CC(N)=O. The summed E-state index contributed by atoms with van der Waals surface area (Å²) < 4.78 is 0. The van der Waals surface area contributed by atoms with Crippen molar-refractivity contribution in [3.05, 3.63) is 0 Å². The minimum absolute atomic E-state index is 0.182. The van der Waals surface area contributed by atoms with Crippen LogP contribution in [0.5, 0.6) is 0 Å². The highest BCUT2D eigenvalue weighted by atomic mass is 16.1. The zero-order valence-corrected chi connectivity index (χ0v) is 8.34. The molecule has 1 aliphatic heterocycles. The minimum Gasteiger partial charge on any atom is -0.370 e. The maximum absolute atomic E-state index is 10.5. The lowest BCUT2D eigenvalue weighted by molar-refractivity contribution is -0.118. The van der Waals surface area contributed by atoms with Gasteiger partial charge >= 0.3 is 0 Å². The summed E-state index contributed by atoms with van der Waals surface area (Å²) in [6.07, 6.45) is 2.85. The molecule has 1 saturated heterocycles. The molecule has 0 radical (unpaired) electrons. The summed E-state index contributed by atoms with van der Waals surface area (Å²) in [6, 6.07) is 0.414. The van der Waals surface area contributed by atoms with Gasteiger partial charge in [0.1, 0.15) is 0 Å². The second-order valence-corrected chi connectivity index (χ2v) is 2.95. The molecule has 0 aromatic heterocycles. The Kier molecular flexibility index (Phi) is 5.72. The van der Waals surface area contributed by atoms with E-state index < -0.39 is 0 Å². The predicted octanol–water partition coefficient (Wildman–Crippen LogP) is 0.982. The molecule has 1 rings (SSSR count). The minimum atomic E-state index is -0.182. The van der Waals surface area contributed by atoms with Crippen molar-refractivity contribution in [2.45, 2.75) is 39.2 Å². The van der Waals surface area contributed by atoms with Crippen molar-refractivity contribution in [2.75, 3.05) is 13.6 Å². The number of nitrogens with zero attached hydrogens (tertiary/aromatic N) is 1. The summed E-state index contributed by atoms with van der Waals surface area (Å²) >= 11 is 0. The van der Waals surface area contributed by atoms with Crippen LogP contribution in [0.4, 0.5) is 0 Å². The number of rotatable bonds is 2. The summed E-state index contributed by atoms with van der Waals surface area (Å²) in [5, 5.41) is 0. The molecular weight excluding hydrogens is 152 g/mol. The van der Waals surface area contributed by atoms with Crippen molar-refractivity contribution in [1.29, 1.82) is 0 Å². The van der Waals surface area contributed by atoms with Gasteiger partial charge in [0.15, 0.2) is 0 Å². The lowest BCUT2D eigenvalue weighted by Gasteiger charge is -2.16. The predicted molar refractivity (Wildman–Crippen MR) is 50.8 cm³/mol. The first-order chi connectivity index (χ1) is 5.70. The molecule has 1 fully saturated rings. The summed E-state index contributed by atoms with van der Waals surface area (Å²) in [5.41, 5.74) is 5.07. The lowest BCUT2D eigenvalue weighted by atomic mass is 10.1. The smallest absolute Gasteiger partial charge is 0.218 e. The van der Waals surface area contributed by atoms with Gasteiger partial charge in [0.05, 0.1) is 0 Å². The van der Waals surface area contributed by atoms with Gasteiger partial charge in [-0.05, 0) is 26.4 Å². The molecule has 0 bridgehead atoms. The summed E-state index contributed by atoms with van der Waals surface area (Å²) in [6.45, 7) is 5.11. The Morgan fingerprint density at radius 1 is 1.58 bits per heavy atom. The maximum Gasteiger partial charge on any atom is 0.218 e. The molecule has 1 unspecified atom stereocenters. The van der Waals surface area contributed by atoms with Crippen LogP contribution in [0.15, 0.2) is 0 Å². The van der Waals surface area contributed by atoms with Gasteiger partial charge in [-0.3, -0.25) is 4.79 Å². The monoisotopic (exact) mass is 172 g/mol. The van der Waals surface area contributed by atoms with Gasteiger partial charge < -0.3 is 10.6 Å². The van der Waals surface area contributed by atoms with E-state index in [0.29, 0.717) is 12.5 Å². The third-order valence-corrected chi connectivity index (χ3v) is 2.11. The largest absolute Gasteiger partial charge is 0.370 e. The Bertz CT molecular complexity index is 136. The molecule has 2 N–H and O–H groups in total. The Balaban J connectivity index is 0.000000561. The molecule has 1 aliphatic rings. The van der Waals surface area contributed by atoms with Crippen molar-refractivity contribution >= 4 is 5.91 Å². The summed E-state index contributed by atoms with van der Waals surface area (Å²) in [7, 11) is 2.04. The van der Waals surface area contributed by atoms with E-state index in [1.807, 2.05) is 20.9 Å². The van der Waals surface area contributed by atoms with E-state index in [1.165, 1.54) is 6.42 Å². The second kappa shape index (κ2) is 6.00. The number of hydrogen-bond acceptors (Lipinski definition) is 2. The Hall–Kier alpha value is -0.570. The number of primary amides is 1. The van der Waals surface area contributed by atoms with Crippen LogP contribution in [0.1, 0.15) is 33.1 Å². The van der Waals surface area contributed by atoms with Gasteiger partial charge in [0.25, 0.3) is 0 Å². The molecule has 3 heteroatoms. The average molecular weight is 172 g/mol. The zero-order valence-electron chi connectivity index (χ0n) is 8.34. The molecule has 3 nitrogen and oxygen atoms in total. The Morgan fingerprint density at radius 3 is 2.50 bits per heavy atom. The van der Waals surface area contributed by atoms with E-state index in [2.05, 4.69) is 4.90 Å². The fourth-order valence-corrected chi connectivity index (χ4v) is 1.47. The second-order valence-electron chi connectivity index (χ2n) is 2.95. The molecule has 12 heavy (non-hydrogen) atoms. The first-order valence-corrected chi connectivity index (χ1v) is 4.68. The van der Waals surface area contributed by atoms with Crippen LogP contribution in [0.25, 0.3) is 0 Å². The van der Waals surface area contributed by atoms with Gasteiger partial charge in [0.2, 0.25) is 5.91 Å². The van der Waals surface area contributed by atoms with Crippen LogP contribution >= 0.6 is 0 Å². The van der Waals surface area contributed by atoms with Crippen LogP contribution in [0.3, 0.4) is 0 Å². The Labute approximate surface area is 74.9 Å². The molecule has 0 spiro atoms. The van der Waals surface area contributed by atoms with Gasteiger partial charge in [-0.25, -0.2) is 0 Å². The summed E-state index contributed by atoms with van der Waals surface area (Å²) in [5.74, 6) is -0.182. The zero-order chi connectivity index (χ0) is 9.56. The average Bonchev–Trinajstić information content (AvgIpc) is 2.40.